The van der Waals surface area contributed by atoms with Gasteiger partial charge < -0.3 is 5.11 Å². The van der Waals surface area contributed by atoms with E-state index in [1.165, 1.54) is 6.42 Å². The number of hydrogen-bond acceptors (Lipinski definition) is 3. The highest BCUT2D eigenvalue weighted by molar-refractivity contribution is 6.26. The van der Waals surface area contributed by atoms with Crippen molar-refractivity contribution in [2.75, 3.05) is 0 Å². The molecular weight excluding hydrogens is 360 g/mol. The number of fused-ring (bicyclic) bond motifs is 5. The van der Waals surface area contributed by atoms with E-state index >= 15 is 0 Å². The lowest BCUT2D eigenvalue weighted by Gasteiger charge is -2.58. The summed E-state index contributed by atoms with van der Waals surface area (Å²) in [5.74, 6) is 1.94. The lowest BCUT2D eigenvalue weighted by Crippen LogP contribution is -2.53. The summed E-state index contributed by atoms with van der Waals surface area (Å²) in [6.45, 7) is 4.61. The molecule has 4 aliphatic carbocycles. The topological polar surface area (TPSA) is 54.4 Å². The SMILES string of the molecule is C[C@]12C=C(C(=O)c3ccccc3)C(=O)CC1CC[C@@H]1[C@H]2CC[C@]2(C)C(O)CC[C@@H]12. The second kappa shape index (κ2) is 6.63. The normalized spacial score (nSPS) is 43.8. The number of carbonyl (C=O) groups excluding carboxylic acids is 2. The molecule has 0 heterocycles. The van der Waals surface area contributed by atoms with Gasteiger partial charge in [0.05, 0.1) is 11.7 Å². The number of aliphatic hydroxyl groups is 1. The fourth-order valence-corrected chi connectivity index (χ4v) is 7.65. The van der Waals surface area contributed by atoms with Crippen molar-refractivity contribution in [3.05, 3.63) is 47.5 Å². The summed E-state index contributed by atoms with van der Waals surface area (Å²) in [6.07, 6.45) is 8.87. The van der Waals surface area contributed by atoms with Crippen molar-refractivity contribution in [3.8, 4) is 0 Å². The molecule has 1 N–H and O–H groups in total. The maximum Gasteiger partial charge on any atom is 0.196 e. The van der Waals surface area contributed by atoms with Crippen LogP contribution in [0.15, 0.2) is 42.0 Å². The lowest BCUT2D eigenvalue weighted by atomic mass is 9.46. The number of rotatable bonds is 2. The average molecular weight is 393 g/mol. The van der Waals surface area contributed by atoms with Gasteiger partial charge in [-0.3, -0.25) is 9.59 Å². The lowest BCUT2D eigenvalue weighted by molar-refractivity contribution is -0.124. The van der Waals surface area contributed by atoms with Gasteiger partial charge in [-0.2, -0.15) is 0 Å². The van der Waals surface area contributed by atoms with Crippen LogP contribution in [0.5, 0.6) is 0 Å². The minimum Gasteiger partial charge on any atom is -0.393 e. The summed E-state index contributed by atoms with van der Waals surface area (Å²) in [5, 5.41) is 10.6. The number of carbonyl (C=O) groups is 2. The van der Waals surface area contributed by atoms with E-state index in [0.717, 1.165) is 32.1 Å². The number of benzene rings is 1. The maximum absolute atomic E-state index is 13.1. The zero-order valence-corrected chi connectivity index (χ0v) is 17.6. The van der Waals surface area contributed by atoms with Gasteiger partial charge in [-0.15, -0.1) is 0 Å². The molecular formula is C26H32O3. The molecule has 3 nitrogen and oxygen atoms in total. The molecule has 0 saturated heterocycles. The van der Waals surface area contributed by atoms with Gasteiger partial charge in [0.2, 0.25) is 0 Å². The summed E-state index contributed by atoms with van der Waals surface area (Å²) in [7, 11) is 0. The maximum atomic E-state index is 13.1. The van der Waals surface area contributed by atoms with Crippen LogP contribution in [-0.4, -0.2) is 22.8 Å². The monoisotopic (exact) mass is 392 g/mol. The molecule has 0 aromatic heterocycles. The largest absolute Gasteiger partial charge is 0.393 e. The first-order chi connectivity index (χ1) is 13.8. The Hall–Kier alpha value is -1.74. The van der Waals surface area contributed by atoms with Gasteiger partial charge in [0.25, 0.3) is 0 Å². The summed E-state index contributed by atoms with van der Waals surface area (Å²) < 4.78 is 0. The summed E-state index contributed by atoms with van der Waals surface area (Å²) >= 11 is 0. The minimum atomic E-state index is -0.169. The second-order valence-electron chi connectivity index (χ2n) is 10.5. The predicted octanol–water partition coefficient (Wildman–Crippen LogP) is 4.99. The van der Waals surface area contributed by atoms with Crippen LogP contribution in [0.25, 0.3) is 0 Å². The molecule has 3 fully saturated rings. The molecule has 29 heavy (non-hydrogen) atoms. The third-order valence-electron chi connectivity index (χ3n) is 9.38. The van der Waals surface area contributed by atoms with Crippen LogP contribution in [0.2, 0.25) is 0 Å². The molecule has 4 aliphatic rings. The van der Waals surface area contributed by atoms with Crippen LogP contribution < -0.4 is 0 Å². The average Bonchev–Trinajstić information content (AvgIpc) is 3.03. The van der Waals surface area contributed by atoms with E-state index in [0.29, 0.717) is 41.2 Å². The van der Waals surface area contributed by atoms with Gasteiger partial charge in [0.1, 0.15) is 0 Å². The standard InChI is InChI=1S/C26H32O3/c1-25-13-12-21-18(20(25)10-11-23(25)28)9-8-17-14-22(27)19(15-26(17,21)2)24(29)16-6-4-3-5-7-16/h3-7,15,17-18,20-21,23,28H,8-14H2,1-2H3/t17?,18-,20-,21+,23?,25-,26-/m0/s1. The quantitative estimate of drug-likeness (QED) is 0.570. The molecule has 1 aromatic rings. The van der Waals surface area contributed by atoms with Crippen molar-refractivity contribution in [1.82, 2.24) is 0 Å². The predicted molar refractivity (Wildman–Crippen MR) is 112 cm³/mol. The van der Waals surface area contributed by atoms with Crippen molar-refractivity contribution in [3.63, 3.8) is 0 Å². The first kappa shape index (κ1) is 19.2. The fourth-order valence-electron chi connectivity index (χ4n) is 7.65. The Labute approximate surface area is 173 Å². The van der Waals surface area contributed by atoms with Gasteiger partial charge >= 0.3 is 0 Å². The molecule has 3 saturated carbocycles. The van der Waals surface area contributed by atoms with Crippen LogP contribution in [0.4, 0.5) is 0 Å². The van der Waals surface area contributed by atoms with Crippen LogP contribution in [-0.2, 0) is 4.79 Å². The molecule has 3 heteroatoms. The zero-order valence-electron chi connectivity index (χ0n) is 17.6. The molecule has 2 unspecified atom stereocenters. The third-order valence-corrected chi connectivity index (χ3v) is 9.38. The first-order valence-corrected chi connectivity index (χ1v) is 11.4. The van der Waals surface area contributed by atoms with E-state index in [9.17, 15) is 14.7 Å². The van der Waals surface area contributed by atoms with E-state index in [-0.39, 0.29) is 28.5 Å². The number of hydrogen-bond donors (Lipinski definition) is 1. The second-order valence-corrected chi connectivity index (χ2v) is 10.5. The van der Waals surface area contributed by atoms with Crippen LogP contribution in [0.3, 0.4) is 0 Å². The molecule has 0 spiro atoms. The Morgan fingerprint density at radius 3 is 2.52 bits per heavy atom. The number of aliphatic hydroxyl groups excluding tert-OH is 1. The number of ketones is 2. The summed E-state index contributed by atoms with van der Waals surface area (Å²) in [6, 6.07) is 9.22. The van der Waals surface area contributed by atoms with Gasteiger partial charge in [0.15, 0.2) is 11.6 Å². The molecule has 154 valence electrons. The summed E-state index contributed by atoms with van der Waals surface area (Å²) in [5.41, 5.74) is 0.985. The molecule has 0 bridgehead atoms. The third kappa shape index (κ3) is 2.73. The van der Waals surface area contributed by atoms with Crippen molar-refractivity contribution in [2.24, 2.45) is 34.5 Å². The molecule has 0 radical (unpaired) electrons. The van der Waals surface area contributed by atoms with Gasteiger partial charge in [-0.05, 0) is 73.0 Å². The van der Waals surface area contributed by atoms with Crippen LogP contribution in [0.1, 0.15) is 69.2 Å². The Balaban J connectivity index is 1.51. The zero-order chi connectivity index (χ0) is 20.4. The Kier molecular flexibility index (Phi) is 4.40. The van der Waals surface area contributed by atoms with E-state index in [4.69, 9.17) is 0 Å². The van der Waals surface area contributed by atoms with Crippen LogP contribution in [0, 0.1) is 34.5 Å². The first-order valence-electron chi connectivity index (χ1n) is 11.4. The molecule has 0 amide bonds. The number of allylic oxidation sites excluding steroid dienone is 2. The van der Waals surface area contributed by atoms with Crippen molar-refractivity contribution in [1.29, 1.82) is 0 Å². The Morgan fingerprint density at radius 1 is 1.00 bits per heavy atom. The van der Waals surface area contributed by atoms with E-state index < -0.39 is 0 Å². The molecule has 1 aromatic carbocycles. The van der Waals surface area contributed by atoms with Crippen LogP contribution >= 0.6 is 0 Å². The number of Topliss-reactive ketones (excluding diaryl/α,β-unsaturated/α-hetero) is 2. The fraction of sp³-hybridized carbons (Fsp3) is 0.615. The van der Waals surface area contributed by atoms with E-state index in [1.54, 1.807) is 12.1 Å². The smallest absolute Gasteiger partial charge is 0.196 e. The molecule has 5 rings (SSSR count). The van der Waals surface area contributed by atoms with Gasteiger partial charge in [-0.1, -0.05) is 50.3 Å². The highest BCUT2D eigenvalue weighted by Crippen LogP contribution is 2.65. The highest BCUT2D eigenvalue weighted by atomic mass is 16.3. The Morgan fingerprint density at radius 2 is 1.76 bits per heavy atom. The van der Waals surface area contributed by atoms with E-state index in [1.807, 2.05) is 18.2 Å². The van der Waals surface area contributed by atoms with Crippen molar-refractivity contribution in [2.45, 2.75) is 64.9 Å². The Bertz CT molecular complexity index is 871. The van der Waals surface area contributed by atoms with Gasteiger partial charge in [-0.25, -0.2) is 0 Å². The highest BCUT2D eigenvalue weighted by Gasteiger charge is 2.60. The summed E-state index contributed by atoms with van der Waals surface area (Å²) in [4.78, 5) is 26.1. The van der Waals surface area contributed by atoms with Gasteiger partial charge in [0, 0.05) is 12.0 Å². The minimum absolute atomic E-state index is 0.0247. The van der Waals surface area contributed by atoms with Crippen molar-refractivity contribution >= 4 is 11.6 Å². The molecule has 7 atom stereocenters. The van der Waals surface area contributed by atoms with E-state index in [2.05, 4.69) is 19.9 Å². The van der Waals surface area contributed by atoms with Crippen molar-refractivity contribution < 1.29 is 14.7 Å². The molecule has 0 aliphatic heterocycles.